The number of halogens is 2. The van der Waals surface area contributed by atoms with Crippen LogP contribution < -0.4 is 4.72 Å². The summed E-state index contributed by atoms with van der Waals surface area (Å²) >= 11 is 5.69. The van der Waals surface area contributed by atoms with Crippen LogP contribution in [0, 0.1) is 5.82 Å². The Bertz CT molecular complexity index is 806. The Morgan fingerprint density at radius 1 is 1.18 bits per heavy atom. The number of rotatable bonds is 4. The van der Waals surface area contributed by atoms with E-state index in [4.69, 9.17) is 11.6 Å². The Morgan fingerprint density at radius 2 is 1.82 bits per heavy atom. The molecular weight excluding hydrogens is 333 g/mol. The number of hydrogen-bond acceptors (Lipinski definition) is 4. The van der Waals surface area contributed by atoms with Crippen molar-refractivity contribution in [3.05, 3.63) is 58.9 Å². The van der Waals surface area contributed by atoms with Crippen LogP contribution >= 0.6 is 11.6 Å². The van der Waals surface area contributed by atoms with E-state index in [-0.39, 0.29) is 16.3 Å². The largest absolute Gasteiger partial charge is 0.465 e. The number of sulfonamides is 1. The summed E-state index contributed by atoms with van der Waals surface area (Å²) in [6.07, 6.45) is 0. The van der Waals surface area contributed by atoms with Crippen LogP contribution in [0.15, 0.2) is 47.4 Å². The SMILES string of the molecule is COC(=O)c1ccc(NS(=O)(=O)c2cc(Cl)ccc2F)cc1. The third kappa shape index (κ3) is 3.55. The second-order valence-corrected chi connectivity index (χ2v) is 6.34. The zero-order valence-corrected chi connectivity index (χ0v) is 12.9. The van der Waals surface area contributed by atoms with E-state index in [0.717, 1.165) is 12.1 Å². The molecule has 0 saturated heterocycles. The maximum atomic E-state index is 13.6. The van der Waals surface area contributed by atoms with Crippen molar-refractivity contribution in [2.24, 2.45) is 0 Å². The van der Waals surface area contributed by atoms with Gasteiger partial charge in [0.15, 0.2) is 0 Å². The van der Waals surface area contributed by atoms with Gasteiger partial charge in [-0.3, -0.25) is 4.72 Å². The van der Waals surface area contributed by atoms with Gasteiger partial charge in [0.05, 0.1) is 12.7 Å². The lowest BCUT2D eigenvalue weighted by molar-refractivity contribution is 0.0601. The molecule has 0 fully saturated rings. The minimum Gasteiger partial charge on any atom is -0.465 e. The van der Waals surface area contributed by atoms with Gasteiger partial charge in [0, 0.05) is 10.7 Å². The fourth-order valence-electron chi connectivity index (χ4n) is 1.69. The molecule has 5 nitrogen and oxygen atoms in total. The Morgan fingerprint density at radius 3 is 2.41 bits per heavy atom. The van der Waals surface area contributed by atoms with Crippen molar-refractivity contribution in [3.8, 4) is 0 Å². The Balaban J connectivity index is 2.29. The summed E-state index contributed by atoms with van der Waals surface area (Å²) in [5.74, 6) is -1.46. The molecule has 0 saturated carbocycles. The molecule has 8 heteroatoms. The minimum atomic E-state index is -4.13. The van der Waals surface area contributed by atoms with Gasteiger partial charge >= 0.3 is 5.97 Å². The highest BCUT2D eigenvalue weighted by atomic mass is 35.5. The highest BCUT2D eigenvalue weighted by Crippen LogP contribution is 2.22. The number of nitrogens with one attached hydrogen (secondary N) is 1. The summed E-state index contributed by atoms with van der Waals surface area (Å²) in [5, 5.41) is 0.0998. The van der Waals surface area contributed by atoms with Crippen LogP contribution in [0.4, 0.5) is 10.1 Å². The number of benzene rings is 2. The molecule has 0 aromatic heterocycles. The zero-order chi connectivity index (χ0) is 16.3. The summed E-state index contributed by atoms with van der Waals surface area (Å²) < 4.78 is 44.7. The zero-order valence-electron chi connectivity index (χ0n) is 11.3. The van der Waals surface area contributed by atoms with E-state index in [2.05, 4.69) is 9.46 Å². The van der Waals surface area contributed by atoms with Gasteiger partial charge in [0.25, 0.3) is 10.0 Å². The lowest BCUT2D eigenvalue weighted by atomic mass is 10.2. The predicted molar refractivity (Wildman–Crippen MR) is 80.0 cm³/mol. The van der Waals surface area contributed by atoms with E-state index in [1.807, 2.05) is 0 Å². The van der Waals surface area contributed by atoms with E-state index in [9.17, 15) is 17.6 Å². The van der Waals surface area contributed by atoms with E-state index in [0.29, 0.717) is 0 Å². The number of anilines is 1. The van der Waals surface area contributed by atoms with Crippen LogP contribution in [0.25, 0.3) is 0 Å². The van der Waals surface area contributed by atoms with Crippen molar-refractivity contribution < 1.29 is 22.3 Å². The first kappa shape index (κ1) is 16.3. The number of carbonyl (C=O) groups is 1. The third-order valence-corrected chi connectivity index (χ3v) is 4.37. The number of carbonyl (C=O) groups excluding carboxylic acids is 1. The maximum Gasteiger partial charge on any atom is 0.337 e. The molecule has 2 aromatic rings. The lowest BCUT2D eigenvalue weighted by Gasteiger charge is -2.09. The smallest absolute Gasteiger partial charge is 0.337 e. The van der Waals surface area contributed by atoms with Gasteiger partial charge in [0.1, 0.15) is 10.7 Å². The highest BCUT2D eigenvalue weighted by Gasteiger charge is 2.19. The van der Waals surface area contributed by atoms with Gasteiger partial charge in [0.2, 0.25) is 0 Å². The molecule has 0 amide bonds. The molecular formula is C14H11ClFNO4S. The predicted octanol–water partition coefficient (Wildman–Crippen LogP) is 3.07. The molecule has 0 atom stereocenters. The number of ether oxygens (including phenoxy) is 1. The van der Waals surface area contributed by atoms with Crippen molar-refractivity contribution in [1.82, 2.24) is 0 Å². The van der Waals surface area contributed by atoms with Gasteiger partial charge in [-0.2, -0.15) is 0 Å². The summed E-state index contributed by atoms with van der Waals surface area (Å²) in [7, 11) is -2.89. The highest BCUT2D eigenvalue weighted by molar-refractivity contribution is 7.92. The standard InChI is InChI=1S/C14H11ClFNO4S/c1-21-14(18)9-2-5-11(6-3-9)17-22(19,20)13-8-10(15)4-7-12(13)16/h2-8,17H,1H3. The molecule has 22 heavy (non-hydrogen) atoms. The molecule has 116 valence electrons. The summed E-state index contributed by atoms with van der Waals surface area (Å²) in [6.45, 7) is 0. The molecule has 0 heterocycles. The van der Waals surface area contributed by atoms with Gasteiger partial charge in [-0.25, -0.2) is 17.6 Å². The molecule has 0 aliphatic heterocycles. The normalized spacial score (nSPS) is 11.0. The Labute approximate surface area is 131 Å². The van der Waals surface area contributed by atoms with Crippen molar-refractivity contribution in [1.29, 1.82) is 0 Å². The number of esters is 1. The van der Waals surface area contributed by atoms with Crippen molar-refractivity contribution in [3.63, 3.8) is 0 Å². The van der Waals surface area contributed by atoms with E-state index >= 15 is 0 Å². The van der Waals surface area contributed by atoms with Gasteiger partial charge in [-0.1, -0.05) is 11.6 Å². The average Bonchev–Trinajstić information content (AvgIpc) is 2.49. The summed E-state index contributed by atoms with van der Waals surface area (Å²) in [4.78, 5) is 10.7. The van der Waals surface area contributed by atoms with Crippen LogP contribution in [-0.2, 0) is 14.8 Å². The third-order valence-electron chi connectivity index (χ3n) is 2.74. The van der Waals surface area contributed by atoms with Crippen LogP contribution in [0.5, 0.6) is 0 Å². The molecule has 0 bridgehead atoms. The first-order valence-electron chi connectivity index (χ1n) is 6.00. The number of methoxy groups -OCH3 is 1. The van der Waals surface area contributed by atoms with Crippen LogP contribution in [0.1, 0.15) is 10.4 Å². The van der Waals surface area contributed by atoms with E-state index < -0.39 is 26.7 Å². The summed E-state index contributed by atoms with van der Waals surface area (Å²) in [5.41, 5.74) is 0.436. The fraction of sp³-hybridized carbons (Fsp3) is 0.0714. The second kappa shape index (κ2) is 6.33. The molecule has 2 rings (SSSR count). The molecule has 0 aliphatic rings. The first-order valence-corrected chi connectivity index (χ1v) is 7.86. The molecule has 2 aromatic carbocycles. The molecule has 0 aliphatic carbocycles. The topological polar surface area (TPSA) is 72.5 Å². The molecule has 0 radical (unpaired) electrons. The maximum absolute atomic E-state index is 13.6. The Hall–Kier alpha value is -2.12. The monoisotopic (exact) mass is 343 g/mol. The molecule has 1 N–H and O–H groups in total. The van der Waals surface area contributed by atoms with Crippen molar-refractivity contribution >= 4 is 33.3 Å². The van der Waals surface area contributed by atoms with Crippen LogP contribution in [-0.4, -0.2) is 21.5 Å². The second-order valence-electron chi connectivity index (χ2n) is 4.25. The van der Waals surface area contributed by atoms with Gasteiger partial charge in [-0.05, 0) is 42.5 Å². The van der Waals surface area contributed by atoms with Crippen molar-refractivity contribution in [2.75, 3.05) is 11.8 Å². The summed E-state index contributed by atoms with van der Waals surface area (Å²) in [6, 6.07) is 8.74. The van der Waals surface area contributed by atoms with Gasteiger partial charge < -0.3 is 4.74 Å². The van der Waals surface area contributed by atoms with Crippen LogP contribution in [0.2, 0.25) is 5.02 Å². The minimum absolute atomic E-state index is 0.0998. The average molecular weight is 344 g/mol. The van der Waals surface area contributed by atoms with E-state index in [1.165, 1.54) is 37.4 Å². The van der Waals surface area contributed by atoms with Crippen LogP contribution in [0.3, 0.4) is 0 Å². The Kier molecular flexibility index (Phi) is 4.68. The fourth-order valence-corrected chi connectivity index (χ4v) is 3.09. The molecule has 0 unspecified atom stereocenters. The van der Waals surface area contributed by atoms with E-state index in [1.54, 1.807) is 0 Å². The lowest BCUT2D eigenvalue weighted by Crippen LogP contribution is -2.14. The molecule has 0 spiro atoms. The van der Waals surface area contributed by atoms with Crippen molar-refractivity contribution in [2.45, 2.75) is 4.90 Å². The quantitative estimate of drug-likeness (QED) is 0.866. The number of hydrogen-bond donors (Lipinski definition) is 1. The van der Waals surface area contributed by atoms with Gasteiger partial charge in [-0.15, -0.1) is 0 Å². The first-order chi connectivity index (χ1) is 10.3.